The van der Waals surface area contributed by atoms with Crippen LogP contribution >= 0.6 is 35.3 Å². The fraction of sp³-hybridized carbons (Fsp3) is 0.217. The van der Waals surface area contributed by atoms with Crippen LogP contribution in [0.3, 0.4) is 0 Å². The van der Waals surface area contributed by atoms with Crippen molar-refractivity contribution >= 4 is 56.3 Å². The third-order valence-corrected chi connectivity index (χ3v) is 9.75. The first kappa shape index (κ1) is 25.4. The lowest BCUT2D eigenvalue weighted by molar-refractivity contribution is -0.144. The van der Waals surface area contributed by atoms with Crippen LogP contribution in [0.1, 0.15) is 22.4 Å². The lowest BCUT2D eigenvalue weighted by atomic mass is 9.86. The summed E-state index contributed by atoms with van der Waals surface area (Å²) in [6.07, 6.45) is 1.42. The van der Waals surface area contributed by atoms with Gasteiger partial charge >= 0.3 is 5.97 Å². The van der Waals surface area contributed by atoms with Crippen LogP contribution in [0.15, 0.2) is 78.2 Å². The first-order chi connectivity index (χ1) is 15.8. The molecule has 33 heavy (non-hydrogen) atoms. The molecule has 1 aromatic heterocycles. The van der Waals surface area contributed by atoms with Crippen molar-refractivity contribution in [1.29, 1.82) is 0 Å². The molecule has 10 heteroatoms. The van der Waals surface area contributed by atoms with Crippen LogP contribution < -0.4 is 10.0 Å². The second kappa shape index (κ2) is 11.3. The van der Waals surface area contributed by atoms with Gasteiger partial charge in [0.25, 0.3) is 0 Å². The fourth-order valence-electron chi connectivity index (χ4n) is 3.33. The Bertz CT molecular complexity index is 1170. The van der Waals surface area contributed by atoms with Crippen LogP contribution in [-0.2, 0) is 26.9 Å². The summed E-state index contributed by atoms with van der Waals surface area (Å²) in [6.45, 7) is 0.151. The van der Waals surface area contributed by atoms with Crippen LogP contribution in [0.5, 0.6) is 0 Å². The van der Waals surface area contributed by atoms with Gasteiger partial charge in [0, 0.05) is 23.4 Å². The number of nitrogens with one attached hydrogen (secondary N) is 2. The maximum atomic E-state index is 13.2. The number of benzene rings is 2. The van der Waals surface area contributed by atoms with E-state index in [4.69, 9.17) is 12.2 Å². The first-order valence-electron chi connectivity index (χ1n) is 9.98. The maximum Gasteiger partial charge on any atom is 0.334 e. The predicted molar refractivity (Wildman–Crippen MR) is 139 cm³/mol. The summed E-state index contributed by atoms with van der Waals surface area (Å²) in [5, 5.41) is 15.3. The monoisotopic (exact) mass is 520 g/mol. The molecule has 0 aliphatic rings. The number of carboxylic acid groups (broad SMARTS) is 1. The standard InChI is InChI=1S/C23H24N2O4S4/c1-31-20(33(28,29)24-16-19-13-8-14-32-19)15-23(22(26)27,18-11-6-3-7-12-18)25-21(30)17-9-4-2-5-10-17/h2-14,20,24H,15-16H2,1H3,(H,25,30)(H,26,27)/t20?,23-/m1/s1. The number of thioether (sulfide) groups is 1. The van der Waals surface area contributed by atoms with Gasteiger partial charge in [0.15, 0.2) is 5.54 Å². The summed E-state index contributed by atoms with van der Waals surface area (Å²) in [4.78, 5) is 13.9. The molecule has 0 amide bonds. The lowest BCUT2D eigenvalue weighted by Crippen LogP contribution is -2.54. The summed E-state index contributed by atoms with van der Waals surface area (Å²) < 4.78 is 27.9. The van der Waals surface area contributed by atoms with Gasteiger partial charge in [-0.25, -0.2) is 17.9 Å². The van der Waals surface area contributed by atoms with Crippen molar-refractivity contribution in [3.8, 4) is 0 Å². The molecule has 3 N–H and O–H groups in total. The molecular formula is C23H24N2O4S4. The molecule has 3 rings (SSSR count). The molecule has 3 aromatic rings. The van der Waals surface area contributed by atoms with Crippen molar-refractivity contribution in [2.24, 2.45) is 0 Å². The fourth-order valence-corrected chi connectivity index (χ4v) is 7.02. The number of rotatable bonds is 11. The lowest BCUT2D eigenvalue weighted by Gasteiger charge is -2.35. The summed E-state index contributed by atoms with van der Waals surface area (Å²) in [5.74, 6) is -1.21. The molecule has 0 aliphatic carbocycles. The van der Waals surface area contributed by atoms with Gasteiger partial charge in [0.1, 0.15) is 9.57 Å². The van der Waals surface area contributed by atoms with E-state index < -0.39 is 26.1 Å². The Kier molecular flexibility index (Phi) is 8.66. The highest BCUT2D eigenvalue weighted by Gasteiger charge is 2.46. The van der Waals surface area contributed by atoms with E-state index >= 15 is 0 Å². The number of hydrogen-bond acceptors (Lipinski definition) is 6. The number of thiocarbonyl (C=S) groups is 1. The Morgan fingerprint density at radius 2 is 1.73 bits per heavy atom. The van der Waals surface area contributed by atoms with Gasteiger partial charge in [-0.05, 0) is 23.3 Å². The van der Waals surface area contributed by atoms with Crippen LogP contribution in [-0.4, -0.2) is 35.3 Å². The van der Waals surface area contributed by atoms with Crippen molar-refractivity contribution in [1.82, 2.24) is 10.0 Å². The van der Waals surface area contributed by atoms with Crippen molar-refractivity contribution in [3.63, 3.8) is 0 Å². The van der Waals surface area contributed by atoms with Crippen LogP contribution in [0, 0.1) is 0 Å². The smallest absolute Gasteiger partial charge is 0.334 e. The van der Waals surface area contributed by atoms with E-state index in [1.807, 2.05) is 23.6 Å². The Labute approximate surface area is 207 Å². The second-order valence-electron chi connectivity index (χ2n) is 7.21. The van der Waals surface area contributed by atoms with E-state index in [9.17, 15) is 18.3 Å². The van der Waals surface area contributed by atoms with Gasteiger partial charge in [-0.1, -0.05) is 78.9 Å². The predicted octanol–water partition coefficient (Wildman–Crippen LogP) is 4.19. The topological polar surface area (TPSA) is 95.5 Å². The summed E-state index contributed by atoms with van der Waals surface area (Å²) in [5.41, 5.74) is -0.684. The Morgan fingerprint density at radius 3 is 2.27 bits per heavy atom. The molecule has 2 atom stereocenters. The highest BCUT2D eigenvalue weighted by molar-refractivity contribution is 8.12. The maximum absolute atomic E-state index is 13.2. The number of aliphatic carboxylic acids is 1. The third kappa shape index (κ3) is 6.21. The highest BCUT2D eigenvalue weighted by atomic mass is 32.3. The number of thiophene rings is 1. The van der Waals surface area contributed by atoms with Gasteiger partial charge in [-0.3, -0.25) is 0 Å². The third-order valence-electron chi connectivity index (χ3n) is 5.10. The minimum Gasteiger partial charge on any atom is -0.479 e. The van der Waals surface area contributed by atoms with E-state index in [1.165, 1.54) is 11.3 Å². The molecule has 1 heterocycles. The zero-order valence-corrected chi connectivity index (χ0v) is 21.1. The first-order valence-corrected chi connectivity index (χ1v) is 14.1. The average molecular weight is 521 g/mol. The Balaban J connectivity index is 1.97. The number of sulfonamides is 1. The largest absolute Gasteiger partial charge is 0.479 e. The zero-order valence-electron chi connectivity index (χ0n) is 17.8. The quantitative estimate of drug-likeness (QED) is 0.326. The second-order valence-corrected chi connectivity index (χ2v) is 11.9. The van der Waals surface area contributed by atoms with Crippen LogP contribution in [0.4, 0.5) is 0 Å². The van der Waals surface area contributed by atoms with Crippen molar-refractivity contribution in [3.05, 3.63) is 94.2 Å². The minimum atomic E-state index is -3.85. The molecule has 2 aromatic carbocycles. The molecule has 1 unspecified atom stereocenters. The Morgan fingerprint density at radius 1 is 1.09 bits per heavy atom. The highest BCUT2D eigenvalue weighted by Crippen LogP contribution is 2.33. The van der Waals surface area contributed by atoms with Gasteiger partial charge in [0.2, 0.25) is 10.0 Å². The van der Waals surface area contributed by atoms with E-state index in [0.717, 1.165) is 16.6 Å². The molecule has 6 nitrogen and oxygen atoms in total. The van der Waals surface area contributed by atoms with Crippen LogP contribution in [0.2, 0.25) is 0 Å². The number of carboxylic acids is 1. The van der Waals surface area contributed by atoms with Gasteiger partial charge in [0.05, 0.1) is 0 Å². The average Bonchev–Trinajstić information content (AvgIpc) is 3.35. The van der Waals surface area contributed by atoms with Gasteiger partial charge in [-0.15, -0.1) is 23.1 Å². The summed E-state index contributed by atoms with van der Waals surface area (Å²) >= 11 is 8.06. The summed E-state index contributed by atoms with van der Waals surface area (Å²) in [6, 6.07) is 21.2. The van der Waals surface area contributed by atoms with Crippen molar-refractivity contribution in [2.75, 3.05) is 6.26 Å². The molecule has 0 spiro atoms. The molecule has 174 valence electrons. The summed E-state index contributed by atoms with van der Waals surface area (Å²) in [7, 11) is -3.85. The normalized spacial score (nSPS) is 14.2. The SMILES string of the molecule is CSC(C[C@](NC(=S)c1ccccc1)(C(=O)O)c1ccccc1)S(=O)(=O)NCc1cccs1. The van der Waals surface area contributed by atoms with Gasteiger partial charge in [-0.2, -0.15) is 0 Å². The molecule has 0 bridgehead atoms. The van der Waals surface area contributed by atoms with E-state index in [1.54, 1.807) is 60.9 Å². The molecule has 0 aliphatic heterocycles. The zero-order chi connectivity index (χ0) is 23.9. The van der Waals surface area contributed by atoms with E-state index in [0.29, 0.717) is 11.1 Å². The van der Waals surface area contributed by atoms with E-state index in [-0.39, 0.29) is 18.0 Å². The van der Waals surface area contributed by atoms with Gasteiger partial charge < -0.3 is 10.4 Å². The molecule has 0 saturated carbocycles. The van der Waals surface area contributed by atoms with Crippen molar-refractivity contribution in [2.45, 2.75) is 23.1 Å². The Hall–Kier alpha value is -2.24. The van der Waals surface area contributed by atoms with Crippen LogP contribution in [0.25, 0.3) is 0 Å². The molecule has 0 saturated heterocycles. The van der Waals surface area contributed by atoms with E-state index in [2.05, 4.69) is 10.0 Å². The number of carbonyl (C=O) groups is 1. The molecule has 0 radical (unpaired) electrons. The van der Waals surface area contributed by atoms with Crippen molar-refractivity contribution < 1.29 is 18.3 Å². The molecule has 0 fully saturated rings. The number of hydrogen-bond donors (Lipinski definition) is 3. The molecular weight excluding hydrogens is 497 g/mol. The minimum absolute atomic E-state index is 0.151.